The molecule has 5 heteroatoms. The highest BCUT2D eigenvalue weighted by Crippen LogP contribution is 2.20. The van der Waals surface area contributed by atoms with Gasteiger partial charge in [0.1, 0.15) is 0 Å². The second-order valence-electron chi connectivity index (χ2n) is 4.40. The van der Waals surface area contributed by atoms with Crippen molar-refractivity contribution in [2.24, 2.45) is 0 Å². The summed E-state index contributed by atoms with van der Waals surface area (Å²) in [6, 6.07) is 5.24. The zero-order valence-electron chi connectivity index (χ0n) is 11.6. The molecule has 106 valence electrons. The molecule has 0 atom stereocenters. The van der Waals surface area contributed by atoms with Crippen molar-refractivity contribution < 1.29 is 9.53 Å². The van der Waals surface area contributed by atoms with Gasteiger partial charge in [-0.05, 0) is 39.0 Å². The van der Waals surface area contributed by atoms with E-state index in [0.717, 1.165) is 12.2 Å². The third-order valence-corrected chi connectivity index (χ3v) is 2.67. The topological polar surface area (TPSA) is 50.4 Å². The number of hydrogen-bond donors (Lipinski definition) is 2. The van der Waals surface area contributed by atoms with Crippen LogP contribution in [0.25, 0.3) is 0 Å². The van der Waals surface area contributed by atoms with E-state index in [1.165, 1.54) is 0 Å². The molecule has 0 aromatic heterocycles. The molecule has 2 N–H and O–H groups in total. The van der Waals surface area contributed by atoms with E-state index < -0.39 is 0 Å². The van der Waals surface area contributed by atoms with Crippen molar-refractivity contribution in [3.63, 3.8) is 0 Å². The number of carbonyl (C=O) groups is 1. The summed E-state index contributed by atoms with van der Waals surface area (Å²) in [5.41, 5.74) is 1.34. The maximum atomic E-state index is 12.1. The Balaban J connectivity index is 2.62. The quantitative estimate of drug-likeness (QED) is 0.757. The van der Waals surface area contributed by atoms with Gasteiger partial charge in [-0.3, -0.25) is 4.79 Å². The molecule has 0 saturated carbocycles. The molecule has 0 bridgehead atoms. The second kappa shape index (κ2) is 8.02. The Labute approximate surface area is 119 Å². The Kier molecular flexibility index (Phi) is 6.67. The molecule has 0 fully saturated rings. The lowest BCUT2D eigenvalue weighted by Crippen LogP contribution is -2.28. The van der Waals surface area contributed by atoms with Crippen LogP contribution < -0.4 is 10.6 Å². The van der Waals surface area contributed by atoms with Crippen LogP contribution in [0, 0.1) is 0 Å². The van der Waals surface area contributed by atoms with E-state index in [4.69, 9.17) is 16.3 Å². The van der Waals surface area contributed by atoms with Gasteiger partial charge < -0.3 is 15.4 Å². The van der Waals surface area contributed by atoms with Crippen molar-refractivity contribution >= 4 is 23.2 Å². The predicted octanol–water partition coefficient (Wildman–Crippen LogP) is 2.93. The highest BCUT2D eigenvalue weighted by molar-refractivity contribution is 6.31. The van der Waals surface area contributed by atoms with Gasteiger partial charge in [0.2, 0.25) is 0 Å². The van der Waals surface area contributed by atoms with Crippen molar-refractivity contribution in [3.05, 3.63) is 28.8 Å². The first-order valence-corrected chi connectivity index (χ1v) is 6.85. The van der Waals surface area contributed by atoms with Crippen molar-refractivity contribution in [1.29, 1.82) is 0 Å². The Hall–Kier alpha value is -1.26. The lowest BCUT2D eigenvalue weighted by atomic mass is 10.1. The SMILES string of the molecule is CCNc1ccc(Cl)cc1C(=O)NCCOC(C)C. The minimum atomic E-state index is -0.147. The minimum absolute atomic E-state index is 0.147. The number of ether oxygens (including phenoxy) is 1. The third-order valence-electron chi connectivity index (χ3n) is 2.43. The van der Waals surface area contributed by atoms with Gasteiger partial charge in [-0.2, -0.15) is 0 Å². The molecule has 0 radical (unpaired) electrons. The van der Waals surface area contributed by atoms with E-state index in [0.29, 0.717) is 23.7 Å². The van der Waals surface area contributed by atoms with Gasteiger partial charge in [0.15, 0.2) is 0 Å². The van der Waals surface area contributed by atoms with Crippen LogP contribution in [0.2, 0.25) is 5.02 Å². The number of amides is 1. The van der Waals surface area contributed by atoms with E-state index in [9.17, 15) is 4.79 Å². The van der Waals surface area contributed by atoms with Gasteiger partial charge in [0.05, 0.1) is 18.3 Å². The summed E-state index contributed by atoms with van der Waals surface area (Å²) >= 11 is 5.93. The Morgan fingerprint density at radius 2 is 2.16 bits per heavy atom. The van der Waals surface area contributed by atoms with Gasteiger partial charge in [0, 0.05) is 23.8 Å². The number of halogens is 1. The second-order valence-corrected chi connectivity index (χ2v) is 4.83. The lowest BCUT2D eigenvalue weighted by molar-refractivity contribution is 0.0747. The van der Waals surface area contributed by atoms with Gasteiger partial charge in [0.25, 0.3) is 5.91 Å². The summed E-state index contributed by atoms with van der Waals surface area (Å²) in [5.74, 6) is -0.147. The zero-order chi connectivity index (χ0) is 14.3. The predicted molar refractivity (Wildman–Crippen MR) is 79.0 cm³/mol. The first kappa shape index (κ1) is 15.8. The van der Waals surface area contributed by atoms with Gasteiger partial charge in [-0.25, -0.2) is 0 Å². The fourth-order valence-electron chi connectivity index (χ4n) is 1.60. The number of nitrogens with one attached hydrogen (secondary N) is 2. The molecule has 1 amide bonds. The number of carbonyl (C=O) groups excluding carboxylic acids is 1. The normalized spacial score (nSPS) is 10.6. The van der Waals surface area contributed by atoms with Crippen LogP contribution in [-0.2, 0) is 4.74 Å². The monoisotopic (exact) mass is 284 g/mol. The zero-order valence-corrected chi connectivity index (χ0v) is 12.4. The first-order chi connectivity index (χ1) is 9.04. The molecule has 4 nitrogen and oxygen atoms in total. The van der Waals surface area contributed by atoms with Crippen LogP contribution in [0.5, 0.6) is 0 Å². The van der Waals surface area contributed by atoms with Gasteiger partial charge >= 0.3 is 0 Å². The van der Waals surface area contributed by atoms with Crippen LogP contribution in [-0.4, -0.2) is 31.7 Å². The van der Waals surface area contributed by atoms with Gasteiger partial charge in [-0.1, -0.05) is 11.6 Å². The van der Waals surface area contributed by atoms with Crippen LogP contribution in [0.15, 0.2) is 18.2 Å². The molecule has 0 heterocycles. The van der Waals surface area contributed by atoms with E-state index >= 15 is 0 Å². The Bertz CT molecular complexity index is 422. The van der Waals surface area contributed by atoms with Crippen molar-refractivity contribution in [3.8, 4) is 0 Å². The maximum Gasteiger partial charge on any atom is 0.253 e. The molecule has 0 saturated heterocycles. The maximum absolute atomic E-state index is 12.1. The number of hydrogen-bond acceptors (Lipinski definition) is 3. The molecule has 0 spiro atoms. The van der Waals surface area contributed by atoms with Crippen LogP contribution in [0.3, 0.4) is 0 Å². The molecular weight excluding hydrogens is 264 g/mol. The molecule has 0 unspecified atom stereocenters. The van der Waals surface area contributed by atoms with Crippen LogP contribution in [0.4, 0.5) is 5.69 Å². The Morgan fingerprint density at radius 1 is 1.42 bits per heavy atom. The third kappa shape index (κ3) is 5.49. The summed E-state index contributed by atoms with van der Waals surface area (Å²) in [5, 5.41) is 6.51. The summed E-state index contributed by atoms with van der Waals surface area (Å²) in [4.78, 5) is 12.1. The highest BCUT2D eigenvalue weighted by Gasteiger charge is 2.11. The number of anilines is 1. The molecule has 1 aromatic rings. The molecule has 1 rings (SSSR count). The lowest BCUT2D eigenvalue weighted by Gasteiger charge is -2.12. The molecular formula is C14H21ClN2O2. The van der Waals surface area contributed by atoms with E-state index in [2.05, 4.69) is 10.6 Å². The van der Waals surface area contributed by atoms with Gasteiger partial charge in [-0.15, -0.1) is 0 Å². The highest BCUT2D eigenvalue weighted by atomic mass is 35.5. The number of benzene rings is 1. The summed E-state index contributed by atoms with van der Waals surface area (Å²) in [6.45, 7) is 7.63. The molecule has 0 aliphatic rings. The smallest absolute Gasteiger partial charge is 0.253 e. The standard InChI is InChI=1S/C14H21ClN2O2/c1-4-16-13-6-5-11(15)9-12(13)14(18)17-7-8-19-10(2)3/h5-6,9-10,16H,4,7-8H2,1-3H3,(H,17,18). The van der Waals surface area contributed by atoms with Crippen molar-refractivity contribution in [2.45, 2.75) is 26.9 Å². The summed E-state index contributed by atoms with van der Waals surface area (Å²) < 4.78 is 5.37. The fraction of sp³-hybridized carbons (Fsp3) is 0.500. The largest absolute Gasteiger partial charge is 0.385 e. The summed E-state index contributed by atoms with van der Waals surface area (Å²) in [7, 11) is 0. The fourth-order valence-corrected chi connectivity index (χ4v) is 1.78. The summed E-state index contributed by atoms with van der Waals surface area (Å²) in [6.07, 6.45) is 0.167. The van der Waals surface area contributed by atoms with E-state index in [-0.39, 0.29) is 12.0 Å². The Morgan fingerprint density at radius 3 is 2.79 bits per heavy atom. The average Bonchev–Trinajstić information content (AvgIpc) is 2.36. The molecule has 1 aromatic carbocycles. The van der Waals surface area contributed by atoms with Crippen LogP contribution >= 0.6 is 11.6 Å². The minimum Gasteiger partial charge on any atom is -0.385 e. The average molecular weight is 285 g/mol. The molecule has 19 heavy (non-hydrogen) atoms. The molecule has 0 aliphatic heterocycles. The number of rotatable bonds is 7. The van der Waals surface area contributed by atoms with E-state index in [1.54, 1.807) is 12.1 Å². The first-order valence-electron chi connectivity index (χ1n) is 6.47. The van der Waals surface area contributed by atoms with E-state index in [1.807, 2.05) is 26.8 Å². The van der Waals surface area contributed by atoms with Crippen molar-refractivity contribution in [2.75, 3.05) is 25.0 Å². The van der Waals surface area contributed by atoms with Crippen molar-refractivity contribution in [1.82, 2.24) is 5.32 Å². The van der Waals surface area contributed by atoms with Crippen LogP contribution in [0.1, 0.15) is 31.1 Å². The molecule has 0 aliphatic carbocycles.